The van der Waals surface area contributed by atoms with E-state index < -0.39 is 17.9 Å². The smallest absolute Gasteiger partial charge is 0.321 e. The summed E-state index contributed by atoms with van der Waals surface area (Å²) in [7, 11) is 0. The molecule has 6 heteroatoms. The number of imide groups is 1. The molecule has 0 aromatic heterocycles. The molecule has 0 aliphatic rings. The van der Waals surface area contributed by atoms with Crippen molar-refractivity contribution in [2.45, 2.75) is 6.42 Å². The van der Waals surface area contributed by atoms with E-state index in [0.717, 1.165) is 5.56 Å². The van der Waals surface area contributed by atoms with Crippen LogP contribution in [0.4, 0.5) is 4.79 Å². The summed E-state index contributed by atoms with van der Waals surface area (Å²) in [5, 5.41) is 15.4. The van der Waals surface area contributed by atoms with Crippen molar-refractivity contribution in [3.8, 4) is 0 Å². The molecule has 0 radical (unpaired) electrons. The van der Waals surface area contributed by atoms with Gasteiger partial charge in [0.25, 0.3) is 5.91 Å². The molecule has 0 aliphatic carbocycles. The van der Waals surface area contributed by atoms with Crippen LogP contribution in [0.15, 0.2) is 54.6 Å². The Bertz CT molecular complexity index is 696. The van der Waals surface area contributed by atoms with Crippen LogP contribution in [-0.2, 0) is 6.42 Å². The summed E-state index contributed by atoms with van der Waals surface area (Å²) in [6.07, 6.45) is 0.514. The maximum atomic E-state index is 11.8. The van der Waals surface area contributed by atoms with Gasteiger partial charge in [0, 0.05) is 12.1 Å². The number of benzene rings is 2. The van der Waals surface area contributed by atoms with Crippen molar-refractivity contribution in [3.05, 3.63) is 71.3 Å². The van der Waals surface area contributed by atoms with Crippen molar-refractivity contribution in [3.63, 3.8) is 0 Å². The third-order valence-corrected chi connectivity index (χ3v) is 3.15. The third kappa shape index (κ3) is 4.96. The largest absolute Gasteiger partial charge is 0.545 e. The van der Waals surface area contributed by atoms with E-state index in [-0.39, 0.29) is 5.56 Å². The summed E-state index contributed by atoms with van der Waals surface area (Å²) in [4.78, 5) is 34.0. The first-order valence-electron chi connectivity index (χ1n) is 7.01. The molecule has 118 valence electrons. The first kappa shape index (κ1) is 16.2. The summed E-state index contributed by atoms with van der Waals surface area (Å²) < 4.78 is 0. The maximum absolute atomic E-state index is 11.8. The van der Waals surface area contributed by atoms with Crippen LogP contribution in [0.3, 0.4) is 0 Å². The van der Waals surface area contributed by atoms with Crippen molar-refractivity contribution >= 4 is 17.9 Å². The number of amides is 3. The SMILES string of the molecule is O=C(NCCc1ccc(C(=O)[O-])cc1)NC(=O)c1ccccc1. The quantitative estimate of drug-likeness (QED) is 0.850. The van der Waals surface area contributed by atoms with E-state index in [2.05, 4.69) is 10.6 Å². The fourth-order valence-corrected chi connectivity index (χ4v) is 1.94. The normalized spacial score (nSPS) is 9.91. The summed E-state index contributed by atoms with van der Waals surface area (Å²) in [6.45, 7) is 0.318. The van der Waals surface area contributed by atoms with Gasteiger partial charge >= 0.3 is 6.03 Å². The highest BCUT2D eigenvalue weighted by Crippen LogP contribution is 2.04. The van der Waals surface area contributed by atoms with Crippen molar-refractivity contribution < 1.29 is 19.5 Å². The number of nitrogens with one attached hydrogen (secondary N) is 2. The van der Waals surface area contributed by atoms with Gasteiger partial charge in [-0.05, 0) is 29.7 Å². The molecule has 23 heavy (non-hydrogen) atoms. The van der Waals surface area contributed by atoms with Gasteiger partial charge in [-0.3, -0.25) is 10.1 Å². The average molecular weight is 311 g/mol. The molecule has 0 heterocycles. The molecular weight excluding hydrogens is 296 g/mol. The fraction of sp³-hybridized carbons (Fsp3) is 0.118. The lowest BCUT2D eigenvalue weighted by atomic mass is 10.1. The van der Waals surface area contributed by atoms with Crippen LogP contribution in [0.2, 0.25) is 0 Å². The molecule has 2 rings (SSSR count). The molecule has 0 spiro atoms. The first-order valence-corrected chi connectivity index (χ1v) is 7.01. The highest BCUT2D eigenvalue weighted by Gasteiger charge is 2.08. The zero-order valence-electron chi connectivity index (χ0n) is 12.2. The number of hydrogen-bond acceptors (Lipinski definition) is 4. The van der Waals surface area contributed by atoms with Gasteiger partial charge < -0.3 is 15.2 Å². The number of carboxylic acid groups (broad SMARTS) is 1. The molecular formula is C17H15N2O4-. The summed E-state index contributed by atoms with van der Waals surface area (Å²) in [6, 6.07) is 14.1. The molecule has 0 saturated carbocycles. The van der Waals surface area contributed by atoms with E-state index in [0.29, 0.717) is 18.5 Å². The lowest BCUT2D eigenvalue weighted by Gasteiger charge is -2.08. The van der Waals surface area contributed by atoms with Gasteiger partial charge in [0.05, 0.1) is 5.97 Å². The molecule has 2 aromatic rings. The van der Waals surface area contributed by atoms with E-state index in [4.69, 9.17) is 0 Å². The van der Waals surface area contributed by atoms with Crippen LogP contribution >= 0.6 is 0 Å². The van der Waals surface area contributed by atoms with E-state index >= 15 is 0 Å². The van der Waals surface area contributed by atoms with Crippen LogP contribution in [0.5, 0.6) is 0 Å². The van der Waals surface area contributed by atoms with Crippen molar-refractivity contribution in [1.29, 1.82) is 0 Å². The average Bonchev–Trinajstić information content (AvgIpc) is 2.56. The number of aromatic carboxylic acids is 1. The van der Waals surface area contributed by atoms with E-state index in [1.54, 1.807) is 42.5 Å². The van der Waals surface area contributed by atoms with Gasteiger partial charge in [-0.15, -0.1) is 0 Å². The van der Waals surface area contributed by atoms with Gasteiger partial charge in [-0.25, -0.2) is 4.79 Å². The number of carboxylic acids is 1. The highest BCUT2D eigenvalue weighted by molar-refractivity contribution is 6.04. The Balaban J connectivity index is 1.76. The predicted octanol–water partition coefficient (Wildman–Crippen LogP) is 0.732. The molecule has 0 unspecified atom stereocenters. The minimum absolute atomic E-state index is 0.105. The number of hydrogen-bond donors (Lipinski definition) is 2. The molecule has 0 fully saturated rings. The summed E-state index contributed by atoms with van der Waals surface area (Å²) >= 11 is 0. The summed E-state index contributed by atoms with van der Waals surface area (Å²) in [5.41, 5.74) is 1.37. The first-order chi connectivity index (χ1) is 11.1. The lowest BCUT2D eigenvalue weighted by molar-refractivity contribution is -0.255. The molecule has 2 aromatic carbocycles. The van der Waals surface area contributed by atoms with Crippen molar-refractivity contribution in [1.82, 2.24) is 10.6 Å². The Kier molecular flexibility index (Phi) is 5.46. The Labute approximate surface area is 133 Å². The standard InChI is InChI=1S/C17H16N2O4/c20-15(13-4-2-1-3-5-13)19-17(23)18-11-10-12-6-8-14(9-7-12)16(21)22/h1-9H,10-11H2,(H,21,22)(H2,18,19,20,23)/p-1. The fourth-order valence-electron chi connectivity index (χ4n) is 1.94. The van der Waals surface area contributed by atoms with Crippen LogP contribution < -0.4 is 15.7 Å². The Morgan fingerprint density at radius 3 is 2.13 bits per heavy atom. The molecule has 0 saturated heterocycles. The summed E-state index contributed by atoms with van der Waals surface area (Å²) in [5.74, 6) is -1.70. The van der Waals surface area contributed by atoms with Gasteiger partial charge in [-0.2, -0.15) is 0 Å². The monoisotopic (exact) mass is 311 g/mol. The minimum atomic E-state index is -1.23. The lowest BCUT2D eigenvalue weighted by Crippen LogP contribution is -2.40. The van der Waals surface area contributed by atoms with Crippen molar-refractivity contribution in [2.75, 3.05) is 6.54 Å². The second kappa shape index (κ2) is 7.74. The Morgan fingerprint density at radius 2 is 1.52 bits per heavy atom. The molecule has 6 nitrogen and oxygen atoms in total. The number of urea groups is 1. The molecule has 3 amide bonds. The number of carbonyl (C=O) groups is 3. The minimum Gasteiger partial charge on any atom is -0.545 e. The number of carbonyl (C=O) groups excluding carboxylic acids is 3. The Morgan fingerprint density at radius 1 is 0.870 bits per heavy atom. The molecule has 0 aliphatic heterocycles. The number of rotatable bonds is 5. The van der Waals surface area contributed by atoms with Gasteiger partial charge in [0.1, 0.15) is 0 Å². The molecule has 0 bridgehead atoms. The van der Waals surface area contributed by atoms with Gasteiger partial charge in [0.2, 0.25) is 0 Å². The predicted molar refractivity (Wildman–Crippen MR) is 81.8 cm³/mol. The van der Waals surface area contributed by atoms with Crippen LogP contribution in [0, 0.1) is 0 Å². The second-order valence-corrected chi connectivity index (χ2v) is 4.81. The van der Waals surface area contributed by atoms with Crippen LogP contribution in [-0.4, -0.2) is 24.5 Å². The zero-order chi connectivity index (χ0) is 16.7. The molecule has 2 N–H and O–H groups in total. The van der Waals surface area contributed by atoms with Gasteiger partial charge in [-0.1, -0.05) is 42.5 Å². The second-order valence-electron chi connectivity index (χ2n) is 4.81. The third-order valence-electron chi connectivity index (χ3n) is 3.15. The molecule has 0 atom stereocenters. The van der Waals surface area contributed by atoms with E-state index in [9.17, 15) is 19.5 Å². The maximum Gasteiger partial charge on any atom is 0.321 e. The van der Waals surface area contributed by atoms with E-state index in [1.165, 1.54) is 12.1 Å². The highest BCUT2D eigenvalue weighted by atomic mass is 16.4. The van der Waals surface area contributed by atoms with Crippen LogP contribution in [0.25, 0.3) is 0 Å². The zero-order valence-corrected chi connectivity index (χ0v) is 12.2. The Hall–Kier alpha value is -3.15. The van der Waals surface area contributed by atoms with Crippen molar-refractivity contribution in [2.24, 2.45) is 0 Å². The van der Waals surface area contributed by atoms with E-state index in [1.807, 2.05) is 0 Å². The van der Waals surface area contributed by atoms with Crippen LogP contribution in [0.1, 0.15) is 26.3 Å². The van der Waals surface area contributed by atoms with Gasteiger partial charge in [0.15, 0.2) is 0 Å². The topological polar surface area (TPSA) is 98.3 Å².